The van der Waals surface area contributed by atoms with Crippen LogP contribution in [0.3, 0.4) is 0 Å². The fourth-order valence-corrected chi connectivity index (χ4v) is 5.93. The van der Waals surface area contributed by atoms with Crippen molar-refractivity contribution >= 4 is 43.5 Å². The second kappa shape index (κ2) is 13.1. The highest BCUT2D eigenvalue weighted by molar-refractivity contribution is 9.10. The number of carbonyl (C=O) groups is 2. The lowest BCUT2D eigenvalue weighted by Crippen LogP contribution is -2.52. The number of nitrogens with one attached hydrogen (secondary N) is 1. The van der Waals surface area contributed by atoms with Gasteiger partial charge >= 0.3 is 0 Å². The number of benzene rings is 3. The fourth-order valence-electron chi connectivity index (χ4n) is 4.05. The van der Waals surface area contributed by atoms with Crippen LogP contribution in [0.5, 0.6) is 5.75 Å². The monoisotopic (exact) mass is 615 g/mol. The second-order valence-electron chi connectivity index (χ2n) is 9.49. The zero-order valence-electron chi connectivity index (χ0n) is 22.7. The van der Waals surface area contributed by atoms with Gasteiger partial charge < -0.3 is 15.0 Å². The maximum Gasteiger partial charge on any atom is 0.264 e. The highest BCUT2D eigenvalue weighted by Gasteiger charge is 2.34. The summed E-state index contributed by atoms with van der Waals surface area (Å²) in [5.74, 6) is -0.569. The van der Waals surface area contributed by atoms with Crippen molar-refractivity contribution in [2.45, 2.75) is 51.2 Å². The van der Waals surface area contributed by atoms with E-state index >= 15 is 0 Å². The number of amides is 2. The van der Waals surface area contributed by atoms with Crippen molar-refractivity contribution in [1.29, 1.82) is 0 Å². The van der Waals surface area contributed by atoms with Crippen LogP contribution in [0.4, 0.5) is 5.69 Å². The van der Waals surface area contributed by atoms with Crippen LogP contribution < -0.4 is 14.4 Å². The molecule has 0 aliphatic heterocycles. The van der Waals surface area contributed by atoms with E-state index in [1.807, 2.05) is 45.0 Å². The molecule has 3 rings (SSSR count). The van der Waals surface area contributed by atoms with Gasteiger partial charge in [0.15, 0.2) is 0 Å². The zero-order valence-corrected chi connectivity index (χ0v) is 25.1. The molecule has 208 valence electrons. The topological polar surface area (TPSA) is 96.0 Å². The third kappa shape index (κ3) is 7.60. The number of ether oxygens (including phenoxy) is 1. The first kappa shape index (κ1) is 30.2. The standard InChI is InChI=1S/C29H34BrN3O5S/c1-20(2)31-29(35)22(4)32(18-23-10-9-11-24(30)17-23)28(34)19-33(26-16-21(3)14-15-27(26)38-5)39(36,37)25-12-7-6-8-13-25/h6-17,20,22H,18-19H2,1-5H3,(H,31,35). The molecule has 1 N–H and O–H groups in total. The summed E-state index contributed by atoms with van der Waals surface area (Å²) in [5.41, 5.74) is 1.81. The Bertz CT molecular complexity index is 1410. The van der Waals surface area contributed by atoms with Crippen molar-refractivity contribution in [1.82, 2.24) is 10.2 Å². The molecule has 1 unspecified atom stereocenters. The summed E-state index contributed by atoms with van der Waals surface area (Å²) >= 11 is 3.45. The van der Waals surface area contributed by atoms with E-state index in [0.717, 1.165) is 19.9 Å². The molecule has 3 aromatic rings. The Kier molecular flexibility index (Phi) is 10.2. The number of halogens is 1. The molecule has 0 aliphatic rings. The molecule has 0 heterocycles. The molecule has 3 aromatic carbocycles. The van der Waals surface area contributed by atoms with E-state index in [2.05, 4.69) is 21.2 Å². The predicted octanol–water partition coefficient (Wildman–Crippen LogP) is 4.90. The first-order chi connectivity index (χ1) is 18.4. The molecule has 0 saturated heterocycles. The van der Waals surface area contributed by atoms with E-state index in [1.165, 1.54) is 24.1 Å². The van der Waals surface area contributed by atoms with Crippen molar-refractivity contribution in [3.05, 3.63) is 88.4 Å². The Hall–Kier alpha value is -3.37. The first-order valence-electron chi connectivity index (χ1n) is 12.5. The maximum absolute atomic E-state index is 14.0. The van der Waals surface area contributed by atoms with Gasteiger partial charge in [-0.05, 0) is 75.2 Å². The Morgan fingerprint density at radius 1 is 0.974 bits per heavy atom. The van der Waals surface area contributed by atoms with Crippen LogP contribution in [-0.2, 0) is 26.2 Å². The van der Waals surface area contributed by atoms with Crippen molar-refractivity contribution in [3.8, 4) is 5.75 Å². The predicted molar refractivity (Wildman–Crippen MR) is 156 cm³/mol. The molecular weight excluding hydrogens is 582 g/mol. The summed E-state index contributed by atoms with van der Waals surface area (Å²) in [6, 6.07) is 19.5. The Labute approximate surface area is 239 Å². The molecule has 1 atom stereocenters. The van der Waals surface area contributed by atoms with Crippen LogP contribution in [0.25, 0.3) is 0 Å². The van der Waals surface area contributed by atoms with Gasteiger partial charge in [-0.2, -0.15) is 0 Å². The number of sulfonamides is 1. The maximum atomic E-state index is 14.0. The third-order valence-corrected chi connectivity index (χ3v) is 8.32. The van der Waals surface area contributed by atoms with Gasteiger partial charge in [0.05, 0.1) is 17.7 Å². The van der Waals surface area contributed by atoms with Gasteiger partial charge in [0, 0.05) is 17.1 Å². The number of carbonyl (C=O) groups excluding carboxylic acids is 2. The SMILES string of the molecule is COc1ccc(C)cc1N(CC(=O)N(Cc1cccc(Br)c1)C(C)C(=O)NC(C)C)S(=O)(=O)c1ccccc1. The molecule has 0 bridgehead atoms. The van der Waals surface area contributed by atoms with Crippen LogP contribution in [-0.4, -0.2) is 50.9 Å². The Morgan fingerprint density at radius 2 is 1.67 bits per heavy atom. The summed E-state index contributed by atoms with van der Waals surface area (Å²) in [4.78, 5) is 28.4. The third-order valence-electron chi connectivity index (χ3n) is 6.05. The molecular formula is C29H34BrN3O5S. The molecule has 2 amide bonds. The molecule has 0 fully saturated rings. The number of methoxy groups -OCH3 is 1. The minimum atomic E-state index is -4.18. The van der Waals surface area contributed by atoms with Crippen LogP contribution in [0.15, 0.2) is 82.2 Å². The van der Waals surface area contributed by atoms with Gasteiger partial charge in [-0.3, -0.25) is 13.9 Å². The second-order valence-corrected chi connectivity index (χ2v) is 12.3. The molecule has 0 radical (unpaired) electrons. The number of aryl methyl sites for hydroxylation is 1. The van der Waals surface area contributed by atoms with Crippen LogP contribution >= 0.6 is 15.9 Å². The lowest BCUT2D eigenvalue weighted by Gasteiger charge is -2.32. The molecule has 10 heteroatoms. The van der Waals surface area contributed by atoms with E-state index in [0.29, 0.717) is 5.75 Å². The van der Waals surface area contributed by atoms with Gasteiger partial charge in [-0.1, -0.05) is 52.3 Å². The van der Waals surface area contributed by atoms with Gasteiger partial charge in [-0.15, -0.1) is 0 Å². The van der Waals surface area contributed by atoms with Crippen molar-refractivity contribution in [2.75, 3.05) is 18.0 Å². The van der Waals surface area contributed by atoms with Gasteiger partial charge in [0.25, 0.3) is 10.0 Å². The van der Waals surface area contributed by atoms with Crippen LogP contribution in [0.2, 0.25) is 0 Å². The Morgan fingerprint density at radius 3 is 2.28 bits per heavy atom. The van der Waals surface area contributed by atoms with Crippen LogP contribution in [0.1, 0.15) is 31.9 Å². The highest BCUT2D eigenvalue weighted by atomic mass is 79.9. The molecule has 39 heavy (non-hydrogen) atoms. The van der Waals surface area contributed by atoms with E-state index in [9.17, 15) is 18.0 Å². The number of hydrogen-bond acceptors (Lipinski definition) is 5. The fraction of sp³-hybridized carbons (Fsp3) is 0.310. The first-order valence-corrected chi connectivity index (χ1v) is 14.7. The molecule has 0 spiro atoms. The van der Waals surface area contributed by atoms with Gasteiger partial charge in [0.2, 0.25) is 11.8 Å². The highest BCUT2D eigenvalue weighted by Crippen LogP contribution is 2.33. The van der Waals surface area contributed by atoms with E-state index < -0.39 is 28.5 Å². The number of rotatable bonds is 11. The summed E-state index contributed by atoms with van der Waals surface area (Å²) in [6.07, 6.45) is 0. The summed E-state index contributed by atoms with van der Waals surface area (Å²) in [6.45, 7) is 6.71. The van der Waals surface area contributed by atoms with Gasteiger partial charge in [-0.25, -0.2) is 8.42 Å². The minimum Gasteiger partial charge on any atom is -0.495 e. The minimum absolute atomic E-state index is 0.0329. The average molecular weight is 617 g/mol. The van der Waals surface area contributed by atoms with Crippen molar-refractivity contribution in [2.24, 2.45) is 0 Å². The molecule has 8 nitrogen and oxygen atoms in total. The largest absolute Gasteiger partial charge is 0.495 e. The smallest absolute Gasteiger partial charge is 0.264 e. The summed E-state index contributed by atoms with van der Waals surface area (Å²) < 4.78 is 35.2. The lowest BCUT2D eigenvalue weighted by atomic mass is 10.1. The normalized spacial score (nSPS) is 12.1. The number of anilines is 1. The van der Waals surface area contributed by atoms with E-state index in [-0.39, 0.29) is 29.1 Å². The lowest BCUT2D eigenvalue weighted by molar-refractivity contribution is -0.139. The summed E-state index contributed by atoms with van der Waals surface area (Å²) in [7, 11) is -2.73. The Balaban J connectivity index is 2.09. The zero-order chi connectivity index (χ0) is 28.7. The van der Waals surface area contributed by atoms with Crippen molar-refractivity contribution < 1.29 is 22.7 Å². The molecule has 0 aromatic heterocycles. The van der Waals surface area contributed by atoms with Gasteiger partial charge in [0.1, 0.15) is 18.3 Å². The van der Waals surface area contributed by atoms with Crippen molar-refractivity contribution in [3.63, 3.8) is 0 Å². The molecule has 0 aliphatic carbocycles. The van der Waals surface area contributed by atoms with E-state index in [1.54, 1.807) is 43.3 Å². The number of hydrogen-bond donors (Lipinski definition) is 1. The number of nitrogens with zero attached hydrogens (tertiary/aromatic N) is 2. The summed E-state index contributed by atoms with van der Waals surface area (Å²) in [5, 5.41) is 2.85. The molecule has 0 saturated carbocycles. The quantitative estimate of drug-likeness (QED) is 0.331. The average Bonchev–Trinajstić information content (AvgIpc) is 2.90. The van der Waals surface area contributed by atoms with Crippen LogP contribution in [0, 0.1) is 6.92 Å². The van der Waals surface area contributed by atoms with E-state index in [4.69, 9.17) is 4.74 Å².